The van der Waals surface area contributed by atoms with Crippen molar-refractivity contribution in [3.05, 3.63) is 95.8 Å². The standard InChI is InChI=1S/C29H34FN3O4S/c1-4-5-19-31-29(35)23(3)32(20-24-13-11-22(2)12-14-24)28(34)21-33(26-9-7-6-8-10-26)38(36,37)27-17-15-25(30)16-18-27/h6-18,23H,4-5,19-21H2,1-3H3,(H,31,35)/t23-/m1/s1. The molecule has 7 nitrogen and oxygen atoms in total. The zero-order valence-electron chi connectivity index (χ0n) is 21.9. The lowest BCUT2D eigenvalue weighted by Gasteiger charge is -2.32. The molecular formula is C29H34FN3O4S. The molecule has 0 aliphatic heterocycles. The van der Waals surface area contributed by atoms with Crippen LogP contribution < -0.4 is 9.62 Å². The molecule has 0 bridgehead atoms. The maximum absolute atomic E-state index is 13.8. The van der Waals surface area contributed by atoms with E-state index >= 15 is 0 Å². The molecule has 0 aliphatic carbocycles. The summed E-state index contributed by atoms with van der Waals surface area (Å²) < 4.78 is 41.8. The Hall–Kier alpha value is -3.72. The van der Waals surface area contributed by atoms with Gasteiger partial charge >= 0.3 is 0 Å². The molecule has 0 heterocycles. The molecular weight excluding hydrogens is 505 g/mol. The van der Waals surface area contributed by atoms with Gasteiger partial charge in [0.1, 0.15) is 18.4 Å². The smallest absolute Gasteiger partial charge is 0.264 e. The minimum atomic E-state index is -4.22. The summed E-state index contributed by atoms with van der Waals surface area (Å²) in [7, 11) is -4.22. The number of hydrogen-bond acceptors (Lipinski definition) is 4. The lowest BCUT2D eigenvalue weighted by molar-refractivity contribution is -0.139. The van der Waals surface area contributed by atoms with Gasteiger partial charge < -0.3 is 10.2 Å². The average molecular weight is 540 g/mol. The summed E-state index contributed by atoms with van der Waals surface area (Å²) >= 11 is 0. The van der Waals surface area contributed by atoms with Crippen LogP contribution in [0, 0.1) is 12.7 Å². The molecule has 0 radical (unpaired) electrons. The van der Waals surface area contributed by atoms with Crippen molar-refractivity contribution in [2.75, 3.05) is 17.4 Å². The van der Waals surface area contributed by atoms with Gasteiger partial charge in [0.25, 0.3) is 10.0 Å². The summed E-state index contributed by atoms with van der Waals surface area (Å²) in [6, 6.07) is 19.4. The predicted octanol–water partition coefficient (Wildman–Crippen LogP) is 4.66. The molecule has 1 N–H and O–H groups in total. The fourth-order valence-electron chi connectivity index (χ4n) is 3.87. The molecule has 0 aliphatic rings. The molecule has 0 aromatic heterocycles. The first-order valence-electron chi connectivity index (χ1n) is 12.6. The van der Waals surface area contributed by atoms with E-state index in [0.29, 0.717) is 6.54 Å². The number of hydrogen-bond donors (Lipinski definition) is 1. The average Bonchev–Trinajstić information content (AvgIpc) is 2.91. The predicted molar refractivity (Wildman–Crippen MR) is 146 cm³/mol. The molecule has 2 amide bonds. The SMILES string of the molecule is CCCCNC(=O)[C@@H](C)N(Cc1ccc(C)cc1)C(=O)CN(c1ccccc1)S(=O)(=O)c1ccc(F)cc1. The van der Waals surface area contributed by atoms with Crippen LogP contribution in [0.5, 0.6) is 0 Å². The number of unbranched alkanes of at least 4 members (excludes halogenated alkanes) is 1. The number of aryl methyl sites for hydroxylation is 1. The zero-order chi connectivity index (χ0) is 27.7. The first-order chi connectivity index (χ1) is 18.1. The van der Waals surface area contributed by atoms with Gasteiger partial charge in [-0.2, -0.15) is 0 Å². The molecule has 3 aromatic rings. The van der Waals surface area contributed by atoms with Crippen LogP contribution in [0.4, 0.5) is 10.1 Å². The number of sulfonamides is 1. The number of carbonyl (C=O) groups is 2. The van der Waals surface area contributed by atoms with Crippen molar-refractivity contribution in [2.24, 2.45) is 0 Å². The molecule has 202 valence electrons. The number of para-hydroxylation sites is 1. The summed E-state index contributed by atoms with van der Waals surface area (Å²) in [5.74, 6) is -1.43. The van der Waals surface area contributed by atoms with Crippen molar-refractivity contribution in [1.29, 1.82) is 0 Å². The molecule has 3 rings (SSSR count). The number of amides is 2. The van der Waals surface area contributed by atoms with Gasteiger partial charge in [-0.15, -0.1) is 0 Å². The van der Waals surface area contributed by atoms with Gasteiger partial charge in [0.05, 0.1) is 10.6 Å². The van der Waals surface area contributed by atoms with Gasteiger partial charge in [-0.25, -0.2) is 12.8 Å². The second kappa shape index (κ2) is 13.2. The van der Waals surface area contributed by atoms with Crippen molar-refractivity contribution in [3.8, 4) is 0 Å². The Morgan fingerprint density at radius 3 is 2.18 bits per heavy atom. The van der Waals surface area contributed by atoms with E-state index in [1.807, 2.05) is 38.1 Å². The third kappa shape index (κ3) is 7.41. The molecule has 0 spiro atoms. The molecule has 0 fully saturated rings. The second-order valence-electron chi connectivity index (χ2n) is 9.13. The molecule has 9 heteroatoms. The normalized spacial score (nSPS) is 12.0. The molecule has 3 aromatic carbocycles. The van der Waals surface area contributed by atoms with Crippen molar-refractivity contribution in [2.45, 2.75) is 51.1 Å². The topological polar surface area (TPSA) is 86.8 Å². The van der Waals surface area contributed by atoms with Crippen LogP contribution in [0.2, 0.25) is 0 Å². The Bertz CT molecular complexity index is 1310. The number of anilines is 1. The second-order valence-corrected chi connectivity index (χ2v) is 11.0. The highest BCUT2D eigenvalue weighted by Crippen LogP contribution is 2.24. The van der Waals surface area contributed by atoms with Crippen LogP contribution in [0.15, 0.2) is 83.8 Å². The molecule has 1 atom stereocenters. The minimum absolute atomic E-state index is 0.126. The number of benzene rings is 3. The van der Waals surface area contributed by atoms with Crippen LogP contribution >= 0.6 is 0 Å². The Kier molecular flexibility index (Phi) is 10.0. The van der Waals surface area contributed by atoms with Crippen LogP contribution in [0.25, 0.3) is 0 Å². The van der Waals surface area contributed by atoms with Gasteiger partial charge in [-0.1, -0.05) is 61.4 Å². The van der Waals surface area contributed by atoms with E-state index in [-0.39, 0.29) is 23.0 Å². The Morgan fingerprint density at radius 2 is 1.58 bits per heavy atom. The van der Waals surface area contributed by atoms with Gasteiger partial charge in [0.2, 0.25) is 11.8 Å². The molecule has 0 saturated heterocycles. The summed E-state index contributed by atoms with van der Waals surface area (Å²) in [6.07, 6.45) is 1.72. The molecule has 38 heavy (non-hydrogen) atoms. The highest BCUT2D eigenvalue weighted by molar-refractivity contribution is 7.92. The van der Waals surface area contributed by atoms with Crippen LogP contribution in [-0.2, 0) is 26.2 Å². The van der Waals surface area contributed by atoms with Crippen molar-refractivity contribution in [1.82, 2.24) is 10.2 Å². The van der Waals surface area contributed by atoms with Crippen LogP contribution in [-0.4, -0.2) is 44.3 Å². The lowest BCUT2D eigenvalue weighted by Crippen LogP contribution is -2.51. The van der Waals surface area contributed by atoms with Gasteiger partial charge in [-0.3, -0.25) is 13.9 Å². The first-order valence-corrected chi connectivity index (χ1v) is 14.0. The monoisotopic (exact) mass is 539 g/mol. The van der Waals surface area contributed by atoms with Crippen LogP contribution in [0.3, 0.4) is 0 Å². The van der Waals surface area contributed by atoms with Crippen molar-refractivity contribution in [3.63, 3.8) is 0 Å². The zero-order valence-corrected chi connectivity index (χ0v) is 22.7. The van der Waals surface area contributed by atoms with Crippen molar-refractivity contribution < 1.29 is 22.4 Å². The van der Waals surface area contributed by atoms with Gasteiger partial charge in [-0.05, 0) is 62.2 Å². The summed E-state index contributed by atoms with van der Waals surface area (Å²) in [5, 5.41) is 2.86. The van der Waals surface area contributed by atoms with Gasteiger partial charge in [0.15, 0.2) is 0 Å². The van der Waals surface area contributed by atoms with Gasteiger partial charge in [0, 0.05) is 13.1 Å². The lowest BCUT2D eigenvalue weighted by atomic mass is 10.1. The third-order valence-corrected chi connectivity index (χ3v) is 7.98. The Labute approximate surface area is 224 Å². The number of carbonyl (C=O) groups excluding carboxylic acids is 2. The largest absolute Gasteiger partial charge is 0.354 e. The fourth-order valence-corrected chi connectivity index (χ4v) is 5.28. The Morgan fingerprint density at radius 1 is 0.947 bits per heavy atom. The fraction of sp³-hybridized carbons (Fsp3) is 0.310. The van der Waals surface area contributed by atoms with E-state index in [9.17, 15) is 22.4 Å². The maximum Gasteiger partial charge on any atom is 0.264 e. The number of halogens is 1. The van der Waals surface area contributed by atoms with Crippen LogP contribution in [0.1, 0.15) is 37.8 Å². The van der Waals surface area contributed by atoms with E-state index in [4.69, 9.17) is 0 Å². The first kappa shape index (κ1) is 28.8. The van der Waals surface area contributed by atoms with E-state index in [2.05, 4.69) is 5.32 Å². The van der Waals surface area contributed by atoms with E-state index in [1.54, 1.807) is 37.3 Å². The summed E-state index contributed by atoms with van der Waals surface area (Å²) in [4.78, 5) is 28.0. The number of nitrogens with zero attached hydrogens (tertiary/aromatic N) is 2. The highest BCUT2D eigenvalue weighted by atomic mass is 32.2. The quantitative estimate of drug-likeness (QED) is 0.339. The molecule has 0 saturated carbocycles. The number of rotatable bonds is 12. The van der Waals surface area contributed by atoms with E-state index in [1.165, 1.54) is 17.0 Å². The van der Waals surface area contributed by atoms with E-state index < -0.39 is 34.3 Å². The summed E-state index contributed by atoms with van der Waals surface area (Å²) in [5.41, 5.74) is 2.14. The van der Waals surface area contributed by atoms with Crippen molar-refractivity contribution >= 4 is 27.5 Å². The minimum Gasteiger partial charge on any atom is -0.354 e. The molecule has 0 unspecified atom stereocenters. The number of nitrogens with one attached hydrogen (secondary N) is 1. The third-order valence-electron chi connectivity index (χ3n) is 6.20. The maximum atomic E-state index is 13.8. The van der Waals surface area contributed by atoms with E-state index in [0.717, 1.165) is 40.4 Å². The summed E-state index contributed by atoms with van der Waals surface area (Å²) in [6.45, 7) is 5.68. The Balaban J connectivity index is 1.96. The highest BCUT2D eigenvalue weighted by Gasteiger charge is 2.32.